The number of carbonyl (C=O) groups excluding carboxylic acids is 3. The topological polar surface area (TPSA) is 82.6 Å². The van der Waals surface area contributed by atoms with Crippen LogP contribution in [0.1, 0.15) is 25.1 Å². The number of rotatable bonds is 4. The molecule has 2 heterocycles. The van der Waals surface area contributed by atoms with E-state index in [-0.39, 0.29) is 18.0 Å². The van der Waals surface area contributed by atoms with Gasteiger partial charge in [-0.15, -0.1) is 11.3 Å². The molecule has 0 saturated carbocycles. The summed E-state index contributed by atoms with van der Waals surface area (Å²) in [6.45, 7) is 2.83. The largest absolute Gasteiger partial charge is 0.325 e. The highest BCUT2D eigenvalue weighted by Crippen LogP contribution is 2.31. The molecule has 1 aliphatic rings. The van der Waals surface area contributed by atoms with Crippen molar-refractivity contribution in [1.29, 1.82) is 0 Å². The molecule has 4 amide bonds. The van der Waals surface area contributed by atoms with Crippen LogP contribution in [0, 0.1) is 5.82 Å². The van der Waals surface area contributed by atoms with Crippen molar-refractivity contribution in [2.24, 2.45) is 0 Å². The smallest absolute Gasteiger partial charge is 0.319 e. The normalized spacial score (nSPS) is 19.6. The van der Waals surface area contributed by atoms with Crippen molar-refractivity contribution in [3.05, 3.63) is 46.7 Å². The molecular formula is C17H17FN4O3S. The third-order valence-corrected chi connectivity index (χ3v) is 5.27. The number of urea groups is 1. The van der Waals surface area contributed by atoms with Crippen LogP contribution < -0.4 is 10.2 Å². The van der Waals surface area contributed by atoms with E-state index in [4.69, 9.17) is 0 Å². The van der Waals surface area contributed by atoms with Crippen molar-refractivity contribution >= 4 is 34.3 Å². The van der Waals surface area contributed by atoms with Gasteiger partial charge < -0.3 is 5.32 Å². The second-order valence-electron chi connectivity index (χ2n) is 6.13. The number of amides is 4. The fraction of sp³-hybridized carbons (Fsp3) is 0.294. The molecule has 1 atom stereocenters. The molecular weight excluding hydrogens is 359 g/mol. The third kappa shape index (κ3) is 2.94. The summed E-state index contributed by atoms with van der Waals surface area (Å²) in [6, 6.07) is 5.22. The van der Waals surface area contributed by atoms with Gasteiger partial charge in [-0.25, -0.2) is 14.2 Å². The summed E-state index contributed by atoms with van der Waals surface area (Å²) in [5.74, 6) is -1.29. The Kier molecular flexibility index (Phi) is 4.49. The van der Waals surface area contributed by atoms with Crippen molar-refractivity contribution in [3.63, 3.8) is 0 Å². The van der Waals surface area contributed by atoms with Crippen molar-refractivity contribution < 1.29 is 18.8 Å². The van der Waals surface area contributed by atoms with Gasteiger partial charge in [0.15, 0.2) is 5.13 Å². The summed E-state index contributed by atoms with van der Waals surface area (Å²) in [4.78, 5) is 43.2. The lowest BCUT2D eigenvalue weighted by molar-refractivity contribution is -0.131. The second-order valence-corrected chi connectivity index (χ2v) is 6.96. The molecule has 3 rings (SSSR count). The zero-order valence-corrected chi connectivity index (χ0v) is 15.3. The van der Waals surface area contributed by atoms with Crippen LogP contribution in [0.3, 0.4) is 0 Å². The first-order chi connectivity index (χ1) is 12.2. The van der Waals surface area contributed by atoms with Gasteiger partial charge in [0.05, 0.1) is 12.2 Å². The van der Waals surface area contributed by atoms with Crippen LogP contribution in [0.2, 0.25) is 0 Å². The van der Waals surface area contributed by atoms with Gasteiger partial charge in [-0.05, 0) is 13.0 Å². The van der Waals surface area contributed by atoms with Crippen LogP contribution in [0.5, 0.6) is 0 Å². The fourth-order valence-corrected chi connectivity index (χ4v) is 3.53. The van der Waals surface area contributed by atoms with Crippen LogP contribution in [-0.2, 0) is 21.7 Å². The first-order valence-corrected chi connectivity index (χ1v) is 8.70. The maximum atomic E-state index is 14.1. The lowest BCUT2D eigenvalue weighted by atomic mass is 9.91. The number of carbonyl (C=O) groups is 3. The average molecular weight is 376 g/mol. The molecule has 9 heteroatoms. The van der Waals surface area contributed by atoms with E-state index in [2.05, 4.69) is 10.3 Å². The Morgan fingerprint density at radius 2 is 2.08 bits per heavy atom. The number of nitrogens with zero attached hydrogens (tertiary/aromatic N) is 3. The highest BCUT2D eigenvalue weighted by Gasteiger charge is 2.50. The van der Waals surface area contributed by atoms with E-state index >= 15 is 0 Å². The van der Waals surface area contributed by atoms with E-state index in [0.29, 0.717) is 10.8 Å². The van der Waals surface area contributed by atoms with Crippen LogP contribution in [0.4, 0.5) is 14.3 Å². The van der Waals surface area contributed by atoms with Gasteiger partial charge in [0.2, 0.25) is 5.91 Å². The van der Waals surface area contributed by atoms with Crippen molar-refractivity contribution in [2.45, 2.75) is 25.9 Å². The second kappa shape index (κ2) is 6.49. The lowest BCUT2D eigenvalue weighted by Crippen LogP contribution is -2.41. The average Bonchev–Trinajstić information content (AvgIpc) is 3.14. The zero-order valence-electron chi connectivity index (χ0n) is 14.4. The molecule has 136 valence electrons. The molecule has 2 aromatic rings. The van der Waals surface area contributed by atoms with E-state index in [9.17, 15) is 18.8 Å². The number of anilines is 1. The van der Waals surface area contributed by atoms with Crippen LogP contribution >= 0.6 is 11.3 Å². The quantitative estimate of drug-likeness (QED) is 0.830. The minimum Gasteiger partial charge on any atom is -0.319 e. The van der Waals surface area contributed by atoms with Crippen molar-refractivity contribution in [3.8, 4) is 0 Å². The molecule has 0 radical (unpaired) electrons. The molecule has 0 aliphatic carbocycles. The molecule has 1 aliphatic heterocycles. The number of imide groups is 1. The predicted molar refractivity (Wildman–Crippen MR) is 94.0 cm³/mol. The van der Waals surface area contributed by atoms with Gasteiger partial charge in [-0.3, -0.25) is 19.4 Å². The summed E-state index contributed by atoms with van der Waals surface area (Å²) >= 11 is 1.23. The molecule has 0 spiro atoms. The summed E-state index contributed by atoms with van der Waals surface area (Å²) in [6.07, 6.45) is 0. The fourth-order valence-electron chi connectivity index (χ4n) is 2.71. The molecule has 1 N–H and O–H groups in total. The van der Waals surface area contributed by atoms with Crippen LogP contribution in [-0.4, -0.2) is 34.8 Å². The number of nitrogens with one attached hydrogen (secondary N) is 1. The summed E-state index contributed by atoms with van der Waals surface area (Å²) < 4.78 is 14.1. The Labute approximate surface area is 153 Å². The Hall–Kier alpha value is -2.81. The molecule has 1 saturated heterocycles. The first kappa shape index (κ1) is 18.0. The standard InChI is InChI=1S/C17H17FN4O3S/c1-10(23)21(3)16-19-11(9-26-16)8-22-14(24)17(2,20-15(22)25)12-6-4-5-7-13(12)18/h4-7,9H,8H2,1-3H3,(H,20,25)/t17-/m0/s1. The minimum absolute atomic E-state index is 0.0586. The van der Waals surface area contributed by atoms with E-state index < -0.39 is 23.3 Å². The number of benzene rings is 1. The van der Waals surface area contributed by atoms with Gasteiger partial charge in [-0.1, -0.05) is 18.2 Å². The Bertz CT molecular complexity index is 900. The lowest BCUT2D eigenvalue weighted by Gasteiger charge is -2.22. The number of thiazole rings is 1. The molecule has 0 unspecified atom stereocenters. The third-order valence-electron chi connectivity index (χ3n) is 4.31. The minimum atomic E-state index is -1.47. The van der Waals surface area contributed by atoms with E-state index in [1.165, 1.54) is 48.3 Å². The van der Waals surface area contributed by atoms with Gasteiger partial charge in [0.1, 0.15) is 11.4 Å². The van der Waals surface area contributed by atoms with Crippen LogP contribution in [0.15, 0.2) is 29.6 Å². The maximum absolute atomic E-state index is 14.1. The molecule has 0 bridgehead atoms. The summed E-state index contributed by atoms with van der Waals surface area (Å²) in [7, 11) is 1.59. The SMILES string of the molecule is CC(=O)N(C)c1nc(CN2C(=O)N[C@@](C)(c3ccccc3F)C2=O)cs1. The molecule has 1 fully saturated rings. The molecule has 1 aromatic carbocycles. The summed E-state index contributed by atoms with van der Waals surface area (Å²) in [5.41, 5.74) is -0.896. The number of aromatic nitrogens is 1. The first-order valence-electron chi connectivity index (χ1n) is 7.82. The number of hydrogen-bond acceptors (Lipinski definition) is 5. The Morgan fingerprint density at radius 3 is 2.73 bits per heavy atom. The number of hydrogen-bond donors (Lipinski definition) is 1. The van der Waals surface area contributed by atoms with E-state index in [1.807, 2.05) is 0 Å². The molecule has 7 nitrogen and oxygen atoms in total. The van der Waals surface area contributed by atoms with Gasteiger partial charge in [0.25, 0.3) is 5.91 Å². The summed E-state index contributed by atoms with van der Waals surface area (Å²) in [5, 5.41) is 4.71. The Morgan fingerprint density at radius 1 is 1.38 bits per heavy atom. The van der Waals surface area contributed by atoms with Gasteiger partial charge in [0, 0.05) is 24.9 Å². The van der Waals surface area contributed by atoms with E-state index in [0.717, 1.165) is 4.90 Å². The maximum Gasteiger partial charge on any atom is 0.325 e. The number of halogens is 1. The van der Waals surface area contributed by atoms with Crippen LogP contribution in [0.25, 0.3) is 0 Å². The Balaban J connectivity index is 1.84. The molecule has 26 heavy (non-hydrogen) atoms. The van der Waals surface area contributed by atoms with Crippen molar-refractivity contribution in [2.75, 3.05) is 11.9 Å². The van der Waals surface area contributed by atoms with Gasteiger partial charge in [-0.2, -0.15) is 0 Å². The van der Waals surface area contributed by atoms with E-state index in [1.54, 1.807) is 18.5 Å². The highest BCUT2D eigenvalue weighted by molar-refractivity contribution is 7.14. The van der Waals surface area contributed by atoms with Crippen molar-refractivity contribution in [1.82, 2.24) is 15.2 Å². The van der Waals surface area contributed by atoms with Gasteiger partial charge >= 0.3 is 6.03 Å². The molecule has 1 aromatic heterocycles. The highest BCUT2D eigenvalue weighted by atomic mass is 32.1. The monoisotopic (exact) mass is 376 g/mol. The zero-order chi connectivity index (χ0) is 19.1. The predicted octanol–water partition coefficient (Wildman–Crippen LogP) is 2.23.